The van der Waals surface area contributed by atoms with Crippen LogP contribution in [0.4, 0.5) is 0 Å². The zero-order chi connectivity index (χ0) is 9.26. The van der Waals surface area contributed by atoms with Crippen LogP contribution < -0.4 is 0 Å². The molecule has 2 atom stereocenters. The lowest BCUT2D eigenvalue weighted by atomic mass is 10.1. The molecule has 5 heteroatoms. The summed E-state index contributed by atoms with van der Waals surface area (Å²) in [4.78, 5) is 0. The van der Waals surface area contributed by atoms with Gasteiger partial charge in [-0.1, -0.05) is 18.3 Å². The van der Waals surface area contributed by atoms with Crippen LogP contribution in [0.5, 0.6) is 0 Å². The van der Waals surface area contributed by atoms with Crippen molar-refractivity contribution in [2.45, 2.75) is 25.3 Å². The fraction of sp³-hybridized carbons (Fsp3) is 0.750. The van der Waals surface area contributed by atoms with E-state index in [0.29, 0.717) is 11.8 Å². The van der Waals surface area contributed by atoms with Crippen LogP contribution in [0.3, 0.4) is 0 Å². The van der Waals surface area contributed by atoms with E-state index in [4.69, 9.17) is 16.3 Å². The summed E-state index contributed by atoms with van der Waals surface area (Å²) in [7, 11) is 0. The van der Waals surface area contributed by atoms with Gasteiger partial charge in [-0.25, -0.2) is 0 Å². The smallest absolute Gasteiger partial charge is 0.146 e. The number of aromatic nitrogens is 2. The molecule has 2 heterocycles. The van der Waals surface area contributed by atoms with Gasteiger partial charge >= 0.3 is 0 Å². The Kier molecular flexibility index (Phi) is 2.81. The molecule has 1 aliphatic heterocycles. The highest BCUT2D eigenvalue weighted by Gasteiger charge is 2.28. The van der Waals surface area contributed by atoms with E-state index < -0.39 is 0 Å². The van der Waals surface area contributed by atoms with Gasteiger partial charge in [-0.3, -0.25) is 0 Å². The topological polar surface area (TPSA) is 35.0 Å². The van der Waals surface area contributed by atoms with Gasteiger partial charge in [0.25, 0.3) is 0 Å². The van der Waals surface area contributed by atoms with Crippen molar-refractivity contribution in [3.05, 3.63) is 10.0 Å². The minimum absolute atomic E-state index is 0.148. The molecule has 72 valence electrons. The molecule has 1 aromatic rings. The van der Waals surface area contributed by atoms with Gasteiger partial charge in [0.15, 0.2) is 0 Å². The second-order valence-electron chi connectivity index (χ2n) is 3.23. The molecule has 0 aromatic carbocycles. The third-order valence-corrected chi connectivity index (χ3v) is 3.62. The summed E-state index contributed by atoms with van der Waals surface area (Å²) in [5, 5.41) is 9.90. The van der Waals surface area contributed by atoms with Gasteiger partial charge < -0.3 is 4.74 Å². The normalized spacial score (nSPS) is 28.2. The first-order valence-corrected chi connectivity index (χ1v) is 5.66. The molecule has 2 unspecified atom stereocenters. The molecule has 2 rings (SSSR count). The predicted octanol–water partition coefficient (Wildman–Crippen LogP) is 2.37. The molecule has 0 radical (unpaired) electrons. The maximum absolute atomic E-state index is 5.65. The highest BCUT2D eigenvalue weighted by molar-refractivity contribution is 7.11. The number of nitrogens with zero attached hydrogens (tertiary/aromatic N) is 2. The molecule has 13 heavy (non-hydrogen) atoms. The second-order valence-corrected chi connectivity index (χ2v) is 4.59. The van der Waals surface area contributed by atoms with E-state index in [0.717, 1.165) is 23.0 Å². The molecule has 0 bridgehead atoms. The molecule has 3 nitrogen and oxygen atoms in total. The van der Waals surface area contributed by atoms with E-state index in [1.165, 1.54) is 0 Å². The van der Waals surface area contributed by atoms with Crippen molar-refractivity contribution in [1.29, 1.82) is 0 Å². The predicted molar refractivity (Wildman–Crippen MR) is 51.9 cm³/mol. The fourth-order valence-electron chi connectivity index (χ4n) is 1.45. The Morgan fingerprint density at radius 3 is 3.00 bits per heavy atom. The largest absolute Gasteiger partial charge is 0.371 e. The summed E-state index contributed by atoms with van der Waals surface area (Å²) in [6.45, 7) is 3.01. The highest BCUT2D eigenvalue weighted by atomic mass is 35.5. The second kappa shape index (κ2) is 3.90. The Hall–Kier alpha value is -0.190. The van der Waals surface area contributed by atoms with Gasteiger partial charge in [-0.2, -0.15) is 0 Å². The van der Waals surface area contributed by atoms with Crippen molar-refractivity contribution in [2.75, 3.05) is 6.61 Å². The maximum atomic E-state index is 5.65. The standard InChI is InChI=1S/C8H11ClN2OS/c1-5-2-3-12-7(5)8-11-10-6(4-9)13-8/h5,7H,2-4H2,1H3. The van der Waals surface area contributed by atoms with Crippen LogP contribution in [0.2, 0.25) is 0 Å². The van der Waals surface area contributed by atoms with Gasteiger partial charge in [-0.15, -0.1) is 21.8 Å². The lowest BCUT2D eigenvalue weighted by molar-refractivity contribution is 0.0937. The number of hydrogen-bond acceptors (Lipinski definition) is 4. The number of rotatable bonds is 2. The summed E-state index contributed by atoms with van der Waals surface area (Å²) in [6.07, 6.45) is 1.26. The molecule has 1 aliphatic rings. The Labute approximate surface area is 86.1 Å². The van der Waals surface area contributed by atoms with Crippen LogP contribution >= 0.6 is 22.9 Å². The van der Waals surface area contributed by atoms with Crippen LogP contribution in [0, 0.1) is 5.92 Å². The molecular weight excluding hydrogens is 208 g/mol. The molecule has 0 saturated carbocycles. The van der Waals surface area contributed by atoms with Gasteiger partial charge in [0.1, 0.15) is 16.1 Å². The van der Waals surface area contributed by atoms with Gasteiger partial charge in [0, 0.05) is 6.61 Å². The minimum atomic E-state index is 0.148. The van der Waals surface area contributed by atoms with Crippen molar-refractivity contribution >= 4 is 22.9 Å². The Balaban J connectivity index is 2.15. The first kappa shape index (κ1) is 9.37. The quantitative estimate of drug-likeness (QED) is 0.715. The van der Waals surface area contributed by atoms with Crippen LogP contribution in [0.25, 0.3) is 0 Å². The Morgan fingerprint density at radius 2 is 2.46 bits per heavy atom. The molecule has 0 spiro atoms. The summed E-state index contributed by atoms with van der Waals surface area (Å²) in [5.74, 6) is 0.995. The van der Waals surface area contributed by atoms with Crippen LogP contribution in [0.15, 0.2) is 0 Å². The molecule has 0 N–H and O–H groups in total. The highest BCUT2D eigenvalue weighted by Crippen LogP contribution is 2.35. The van der Waals surface area contributed by atoms with Crippen molar-refractivity contribution in [1.82, 2.24) is 10.2 Å². The van der Waals surface area contributed by atoms with Crippen molar-refractivity contribution in [3.63, 3.8) is 0 Å². The van der Waals surface area contributed by atoms with E-state index in [-0.39, 0.29) is 6.10 Å². The number of ether oxygens (including phenoxy) is 1. The maximum Gasteiger partial charge on any atom is 0.146 e. The van der Waals surface area contributed by atoms with E-state index in [2.05, 4.69) is 17.1 Å². The van der Waals surface area contributed by atoms with Crippen LogP contribution in [-0.4, -0.2) is 16.8 Å². The molecule has 1 saturated heterocycles. The number of hydrogen-bond donors (Lipinski definition) is 0. The zero-order valence-corrected chi connectivity index (χ0v) is 8.94. The monoisotopic (exact) mass is 218 g/mol. The van der Waals surface area contributed by atoms with Crippen LogP contribution in [0.1, 0.15) is 29.5 Å². The minimum Gasteiger partial charge on any atom is -0.371 e. The van der Waals surface area contributed by atoms with E-state index in [1.807, 2.05) is 0 Å². The Bertz CT molecular complexity index is 291. The summed E-state index contributed by atoms with van der Waals surface area (Å²) in [5.41, 5.74) is 0. The first-order valence-electron chi connectivity index (χ1n) is 4.31. The summed E-state index contributed by atoms with van der Waals surface area (Å²) >= 11 is 7.21. The van der Waals surface area contributed by atoms with Crippen molar-refractivity contribution < 1.29 is 4.74 Å². The van der Waals surface area contributed by atoms with Crippen molar-refractivity contribution in [2.24, 2.45) is 5.92 Å². The van der Waals surface area contributed by atoms with Gasteiger partial charge in [-0.05, 0) is 12.3 Å². The van der Waals surface area contributed by atoms with Crippen LogP contribution in [-0.2, 0) is 10.6 Å². The third kappa shape index (κ3) is 1.85. The lowest BCUT2D eigenvalue weighted by Gasteiger charge is -2.09. The fourth-order valence-corrected chi connectivity index (χ4v) is 2.54. The molecule has 0 aliphatic carbocycles. The Morgan fingerprint density at radius 1 is 1.62 bits per heavy atom. The van der Waals surface area contributed by atoms with Crippen molar-refractivity contribution in [3.8, 4) is 0 Å². The van der Waals surface area contributed by atoms with Gasteiger partial charge in [0.2, 0.25) is 0 Å². The zero-order valence-electron chi connectivity index (χ0n) is 7.36. The average molecular weight is 219 g/mol. The number of alkyl halides is 1. The summed E-state index contributed by atoms with van der Waals surface area (Å²) in [6, 6.07) is 0. The van der Waals surface area contributed by atoms with E-state index >= 15 is 0 Å². The molecule has 1 aromatic heterocycles. The molecule has 1 fully saturated rings. The third-order valence-electron chi connectivity index (χ3n) is 2.23. The van der Waals surface area contributed by atoms with E-state index in [1.54, 1.807) is 11.3 Å². The first-order chi connectivity index (χ1) is 6.31. The number of halogens is 1. The lowest BCUT2D eigenvalue weighted by Crippen LogP contribution is -2.02. The molecule has 0 amide bonds. The average Bonchev–Trinajstić information content (AvgIpc) is 2.71. The van der Waals surface area contributed by atoms with E-state index in [9.17, 15) is 0 Å². The SMILES string of the molecule is CC1CCOC1c1nnc(CCl)s1. The molecular formula is C8H11ClN2OS. The summed E-state index contributed by atoms with van der Waals surface area (Å²) < 4.78 is 5.57. The van der Waals surface area contributed by atoms with Gasteiger partial charge in [0.05, 0.1) is 5.88 Å².